The zero-order chi connectivity index (χ0) is 22.5. The minimum Gasteiger partial charge on any atom is -0.394 e. The van der Waals surface area contributed by atoms with Gasteiger partial charge in [-0.05, 0) is 42.9 Å². The summed E-state index contributed by atoms with van der Waals surface area (Å²) in [7, 11) is 0. The van der Waals surface area contributed by atoms with Crippen molar-refractivity contribution in [3.63, 3.8) is 0 Å². The molecule has 0 aromatic heterocycles. The van der Waals surface area contributed by atoms with Gasteiger partial charge in [0.1, 0.15) is 12.0 Å². The van der Waals surface area contributed by atoms with Gasteiger partial charge in [0.25, 0.3) is 5.90 Å². The third-order valence-corrected chi connectivity index (χ3v) is 6.98. The summed E-state index contributed by atoms with van der Waals surface area (Å²) >= 11 is 12.8. The van der Waals surface area contributed by atoms with Crippen LogP contribution in [-0.2, 0) is 4.84 Å². The van der Waals surface area contributed by atoms with Crippen LogP contribution in [0.5, 0.6) is 0 Å². The lowest BCUT2D eigenvalue weighted by atomic mass is 9.97. The van der Waals surface area contributed by atoms with E-state index in [0.29, 0.717) is 46.4 Å². The molecule has 6 N–H and O–H groups in total. The van der Waals surface area contributed by atoms with Gasteiger partial charge in [0, 0.05) is 29.7 Å². The van der Waals surface area contributed by atoms with Gasteiger partial charge in [0.05, 0.1) is 11.4 Å². The van der Waals surface area contributed by atoms with E-state index in [4.69, 9.17) is 44.5 Å². The van der Waals surface area contributed by atoms with Crippen molar-refractivity contribution in [1.82, 2.24) is 15.7 Å². The van der Waals surface area contributed by atoms with E-state index in [2.05, 4.69) is 15.7 Å². The van der Waals surface area contributed by atoms with E-state index >= 15 is 0 Å². The molecular formula is C23H32Cl2N6O. The summed E-state index contributed by atoms with van der Waals surface area (Å²) in [5, 5.41) is 4.59. The molecule has 2 heterocycles. The summed E-state index contributed by atoms with van der Waals surface area (Å²) in [6.07, 6.45) is 15.7. The molecule has 0 radical (unpaired) electrons. The fraction of sp³-hybridized carbons (Fsp3) is 0.522. The molecule has 0 spiro atoms. The Morgan fingerprint density at radius 3 is 2.78 bits per heavy atom. The predicted octanol–water partition coefficient (Wildman–Crippen LogP) is 3.67. The average molecular weight is 479 g/mol. The highest BCUT2D eigenvalue weighted by Crippen LogP contribution is 2.29. The highest BCUT2D eigenvalue weighted by atomic mass is 35.5. The van der Waals surface area contributed by atoms with E-state index < -0.39 is 0 Å². The Bertz CT molecular complexity index is 896. The molecule has 174 valence electrons. The highest BCUT2D eigenvalue weighted by Gasteiger charge is 2.29. The molecule has 32 heavy (non-hydrogen) atoms. The molecule has 7 nitrogen and oxygen atoms in total. The van der Waals surface area contributed by atoms with E-state index in [1.807, 2.05) is 24.3 Å². The number of aliphatic imine (C=N–C) groups is 1. The fourth-order valence-corrected chi connectivity index (χ4v) is 4.96. The van der Waals surface area contributed by atoms with E-state index in [0.717, 1.165) is 37.2 Å². The van der Waals surface area contributed by atoms with Crippen molar-refractivity contribution in [2.75, 3.05) is 19.6 Å². The Balaban J connectivity index is 1.51. The van der Waals surface area contributed by atoms with Crippen molar-refractivity contribution in [1.29, 1.82) is 0 Å². The lowest BCUT2D eigenvalue weighted by Crippen LogP contribution is -2.42. The number of hydrogen-bond donors (Lipinski definition) is 4. The Morgan fingerprint density at radius 1 is 1.22 bits per heavy atom. The number of nitrogens with two attached hydrogens (primary N) is 2. The van der Waals surface area contributed by atoms with Gasteiger partial charge in [-0.15, -0.1) is 5.48 Å². The van der Waals surface area contributed by atoms with Crippen LogP contribution in [0.15, 0.2) is 62.1 Å². The SMILES string of the molecule is NC1=C(/C=C(\N)C2=NC(C3CCCCCC3)NO2)N(CC2=CC(Cl)=CCC=C2Cl)CCN1. The number of rotatable bonds is 5. The van der Waals surface area contributed by atoms with Gasteiger partial charge in [-0.1, -0.05) is 61.0 Å². The zero-order valence-corrected chi connectivity index (χ0v) is 19.8. The Morgan fingerprint density at radius 2 is 2.00 bits per heavy atom. The fourth-order valence-electron chi connectivity index (χ4n) is 4.53. The molecule has 4 aliphatic rings. The Kier molecular flexibility index (Phi) is 7.71. The monoisotopic (exact) mass is 478 g/mol. The molecule has 9 heteroatoms. The molecule has 2 aliphatic heterocycles. The zero-order valence-electron chi connectivity index (χ0n) is 18.2. The van der Waals surface area contributed by atoms with Crippen molar-refractivity contribution in [3.8, 4) is 0 Å². The predicted molar refractivity (Wildman–Crippen MR) is 130 cm³/mol. The second kappa shape index (κ2) is 10.7. The van der Waals surface area contributed by atoms with E-state index in [1.54, 1.807) is 0 Å². The molecule has 0 amide bonds. The van der Waals surface area contributed by atoms with Crippen LogP contribution in [0.25, 0.3) is 0 Å². The maximum Gasteiger partial charge on any atom is 0.258 e. The van der Waals surface area contributed by atoms with Crippen molar-refractivity contribution in [2.24, 2.45) is 22.4 Å². The molecule has 0 aromatic carbocycles. The van der Waals surface area contributed by atoms with E-state index in [1.165, 1.54) is 25.7 Å². The third-order valence-electron chi connectivity index (χ3n) is 6.32. The molecule has 1 atom stereocenters. The molecule has 4 rings (SSSR count). The van der Waals surface area contributed by atoms with Gasteiger partial charge in [-0.3, -0.25) is 0 Å². The molecule has 1 fully saturated rings. The van der Waals surface area contributed by atoms with Gasteiger partial charge in [0.2, 0.25) is 0 Å². The van der Waals surface area contributed by atoms with Crippen LogP contribution in [0.2, 0.25) is 0 Å². The number of nitrogens with one attached hydrogen (secondary N) is 2. The molecular weight excluding hydrogens is 447 g/mol. The lowest BCUT2D eigenvalue weighted by Gasteiger charge is -2.32. The second-order valence-corrected chi connectivity index (χ2v) is 9.49. The van der Waals surface area contributed by atoms with Crippen LogP contribution in [0, 0.1) is 5.92 Å². The number of halogens is 2. The van der Waals surface area contributed by atoms with Crippen LogP contribution in [0.1, 0.15) is 44.9 Å². The van der Waals surface area contributed by atoms with Crippen molar-refractivity contribution >= 4 is 29.1 Å². The quantitative estimate of drug-likeness (QED) is 0.449. The van der Waals surface area contributed by atoms with Gasteiger partial charge in [-0.25, -0.2) is 4.99 Å². The Hall–Kier alpha value is -2.09. The third kappa shape index (κ3) is 5.63. The van der Waals surface area contributed by atoms with Crippen LogP contribution in [0.4, 0.5) is 0 Å². The van der Waals surface area contributed by atoms with Crippen molar-refractivity contribution < 1.29 is 4.84 Å². The first kappa shape index (κ1) is 23.1. The van der Waals surface area contributed by atoms with Gasteiger partial charge < -0.3 is 26.5 Å². The van der Waals surface area contributed by atoms with Crippen LogP contribution in [0.3, 0.4) is 0 Å². The van der Waals surface area contributed by atoms with Crippen LogP contribution < -0.4 is 22.3 Å². The van der Waals surface area contributed by atoms with Gasteiger partial charge in [0.15, 0.2) is 0 Å². The van der Waals surface area contributed by atoms with Crippen LogP contribution in [-0.4, -0.2) is 36.6 Å². The standard InChI is InChI=1S/C23H32Cl2N6O/c24-17-8-5-9-18(25)16(12-17)14-31-11-10-28-21(27)20(31)13-19(26)23-29-22(30-32-23)15-6-3-1-2-4-7-15/h8-9,12-13,15,22,28,30H,1-7,10-11,14,26-27H2/b19-13-. The largest absolute Gasteiger partial charge is 0.394 e. The van der Waals surface area contributed by atoms with Crippen LogP contribution >= 0.6 is 23.2 Å². The maximum absolute atomic E-state index is 6.49. The van der Waals surface area contributed by atoms with E-state index in [9.17, 15) is 0 Å². The molecule has 0 aromatic rings. The molecule has 1 unspecified atom stereocenters. The summed E-state index contributed by atoms with van der Waals surface area (Å²) in [6, 6.07) is 0. The topological polar surface area (TPSA) is 101 Å². The average Bonchev–Trinajstić information content (AvgIpc) is 3.02. The minimum absolute atomic E-state index is 0.0454. The smallest absolute Gasteiger partial charge is 0.258 e. The highest BCUT2D eigenvalue weighted by molar-refractivity contribution is 6.34. The number of hydrogen-bond acceptors (Lipinski definition) is 7. The summed E-state index contributed by atoms with van der Waals surface area (Å²) in [5.74, 6) is 1.46. The molecule has 2 aliphatic carbocycles. The van der Waals surface area contributed by atoms with Gasteiger partial charge in [-0.2, -0.15) is 0 Å². The molecule has 0 bridgehead atoms. The van der Waals surface area contributed by atoms with Gasteiger partial charge >= 0.3 is 0 Å². The summed E-state index contributed by atoms with van der Waals surface area (Å²) in [4.78, 5) is 12.5. The molecule has 1 saturated carbocycles. The second-order valence-electron chi connectivity index (χ2n) is 8.64. The summed E-state index contributed by atoms with van der Waals surface area (Å²) in [6.45, 7) is 2.04. The first-order valence-electron chi connectivity index (χ1n) is 11.4. The summed E-state index contributed by atoms with van der Waals surface area (Å²) in [5.41, 5.74) is 17.9. The minimum atomic E-state index is -0.0454. The number of allylic oxidation sites excluding steroid dienone is 5. The maximum atomic E-state index is 6.49. The lowest BCUT2D eigenvalue weighted by molar-refractivity contribution is 0.144. The first-order valence-corrected chi connectivity index (χ1v) is 12.2. The molecule has 0 saturated heterocycles. The first-order chi connectivity index (χ1) is 15.5. The van der Waals surface area contributed by atoms with Crippen molar-refractivity contribution in [3.05, 3.63) is 57.2 Å². The summed E-state index contributed by atoms with van der Waals surface area (Å²) < 4.78 is 0. The number of nitrogens with zero attached hydrogens (tertiary/aromatic N) is 2. The normalized spacial score (nSPS) is 25.8. The van der Waals surface area contributed by atoms with Crippen molar-refractivity contribution in [2.45, 2.75) is 51.1 Å². The number of hydroxylamine groups is 1. The van der Waals surface area contributed by atoms with E-state index in [-0.39, 0.29) is 6.17 Å². The Labute approximate surface area is 199 Å².